The lowest BCUT2D eigenvalue weighted by Gasteiger charge is -2.14. The van der Waals surface area contributed by atoms with Gasteiger partial charge in [-0.05, 0) is 17.9 Å². The van der Waals surface area contributed by atoms with Gasteiger partial charge in [-0.3, -0.25) is 0 Å². The summed E-state index contributed by atoms with van der Waals surface area (Å²) in [6.07, 6.45) is 2.12. The second-order valence-electron chi connectivity index (χ2n) is 3.64. The van der Waals surface area contributed by atoms with Gasteiger partial charge in [0.05, 0.1) is 5.69 Å². The SMILES string of the molecule is CCCCC(NC(=O)Nc1ccsc1)C(=O)O. The van der Waals surface area contributed by atoms with Crippen molar-refractivity contribution in [2.24, 2.45) is 0 Å². The predicted octanol–water partition coefficient (Wildman–Crippen LogP) is 2.51. The van der Waals surface area contributed by atoms with Gasteiger partial charge in [-0.1, -0.05) is 19.8 Å². The molecular weight excluding hydrogens is 240 g/mol. The molecule has 17 heavy (non-hydrogen) atoms. The van der Waals surface area contributed by atoms with Gasteiger partial charge in [0.15, 0.2) is 0 Å². The molecule has 1 rings (SSSR count). The number of carbonyl (C=O) groups excluding carboxylic acids is 1. The molecule has 94 valence electrons. The van der Waals surface area contributed by atoms with Crippen LogP contribution in [0.25, 0.3) is 0 Å². The monoisotopic (exact) mass is 256 g/mol. The molecular formula is C11H16N2O3S. The summed E-state index contributed by atoms with van der Waals surface area (Å²) < 4.78 is 0. The lowest BCUT2D eigenvalue weighted by molar-refractivity contribution is -0.139. The molecule has 0 saturated heterocycles. The number of unbranched alkanes of at least 4 members (excludes halogenated alkanes) is 1. The number of hydrogen-bond donors (Lipinski definition) is 3. The molecule has 0 radical (unpaired) electrons. The minimum atomic E-state index is -1.00. The number of urea groups is 1. The maximum Gasteiger partial charge on any atom is 0.326 e. The van der Waals surface area contributed by atoms with Crippen LogP contribution in [0.2, 0.25) is 0 Å². The van der Waals surface area contributed by atoms with Crippen LogP contribution in [0.5, 0.6) is 0 Å². The number of nitrogens with one attached hydrogen (secondary N) is 2. The molecule has 1 aromatic rings. The van der Waals surface area contributed by atoms with Gasteiger partial charge in [-0.25, -0.2) is 9.59 Å². The van der Waals surface area contributed by atoms with Gasteiger partial charge >= 0.3 is 12.0 Å². The summed E-state index contributed by atoms with van der Waals surface area (Å²) in [7, 11) is 0. The second kappa shape index (κ2) is 6.90. The van der Waals surface area contributed by atoms with Crippen molar-refractivity contribution in [1.29, 1.82) is 0 Å². The van der Waals surface area contributed by atoms with E-state index < -0.39 is 18.0 Å². The van der Waals surface area contributed by atoms with Crippen LogP contribution >= 0.6 is 11.3 Å². The smallest absolute Gasteiger partial charge is 0.326 e. The van der Waals surface area contributed by atoms with Crippen molar-refractivity contribution < 1.29 is 14.7 Å². The van der Waals surface area contributed by atoms with E-state index in [4.69, 9.17) is 5.11 Å². The zero-order valence-electron chi connectivity index (χ0n) is 9.60. The number of carboxylic acid groups (broad SMARTS) is 1. The lowest BCUT2D eigenvalue weighted by atomic mass is 10.1. The van der Waals surface area contributed by atoms with Gasteiger partial charge in [0, 0.05) is 5.38 Å². The molecule has 1 unspecified atom stereocenters. The Morgan fingerprint density at radius 2 is 2.29 bits per heavy atom. The molecule has 1 atom stereocenters. The molecule has 0 aliphatic heterocycles. The van der Waals surface area contributed by atoms with Crippen LogP contribution < -0.4 is 10.6 Å². The normalized spacial score (nSPS) is 11.8. The average Bonchev–Trinajstić information content (AvgIpc) is 2.76. The van der Waals surface area contributed by atoms with Crippen molar-refractivity contribution >= 4 is 29.0 Å². The van der Waals surface area contributed by atoms with Crippen LogP contribution in [-0.4, -0.2) is 23.1 Å². The molecule has 0 bridgehead atoms. The van der Waals surface area contributed by atoms with Crippen molar-refractivity contribution in [3.63, 3.8) is 0 Å². The Labute approximate surface area is 104 Å². The number of carbonyl (C=O) groups is 2. The number of carboxylic acids is 1. The summed E-state index contributed by atoms with van der Waals surface area (Å²) in [4.78, 5) is 22.4. The standard InChI is InChI=1S/C11H16N2O3S/c1-2-3-4-9(10(14)15)13-11(16)12-8-5-6-17-7-8/h5-7,9H,2-4H2,1H3,(H,14,15)(H2,12,13,16). The molecule has 0 aromatic carbocycles. The Morgan fingerprint density at radius 1 is 1.53 bits per heavy atom. The molecule has 1 aromatic heterocycles. The minimum absolute atomic E-state index is 0.447. The highest BCUT2D eigenvalue weighted by Crippen LogP contribution is 2.11. The highest BCUT2D eigenvalue weighted by Gasteiger charge is 2.18. The van der Waals surface area contributed by atoms with Gasteiger partial charge in [0.1, 0.15) is 6.04 Å². The van der Waals surface area contributed by atoms with Gasteiger partial charge in [0.2, 0.25) is 0 Å². The summed E-state index contributed by atoms with van der Waals surface area (Å²) in [5.74, 6) is -1.00. The highest BCUT2D eigenvalue weighted by molar-refractivity contribution is 7.08. The van der Waals surface area contributed by atoms with Gasteiger partial charge < -0.3 is 15.7 Å². The van der Waals surface area contributed by atoms with E-state index in [1.54, 1.807) is 11.4 Å². The Hall–Kier alpha value is -1.56. The van der Waals surface area contributed by atoms with Crippen molar-refractivity contribution in [3.05, 3.63) is 16.8 Å². The molecule has 0 aliphatic rings. The summed E-state index contributed by atoms with van der Waals surface area (Å²) in [6.45, 7) is 1.98. The fourth-order valence-electron chi connectivity index (χ4n) is 1.33. The molecule has 0 aliphatic carbocycles. The highest BCUT2D eigenvalue weighted by atomic mass is 32.1. The Bertz CT molecular complexity index is 365. The number of amides is 2. The number of thiophene rings is 1. The number of anilines is 1. The van der Waals surface area contributed by atoms with Gasteiger partial charge in [-0.15, -0.1) is 0 Å². The molecule has 3 N–H and O–H groups in total. The molecule has 0 spiro atoms. The second-order valence-corrected chi connectivity index (χ2v) is 4.42. The fourth-order valence-corrected chi connectivity index (χ4v) is 1.91. The van der Waals surface area contributed by atoms with Gasteiger partial charge in [0.25, 0.3) is 0 Å². The predicted molar refractivity (Wildman–Crippen MR) is 67.4 cm³/mol. The largest absolute Gasteiger partial charge is 0.480 e. The fraction of sp³-hybridized carbons (Fsp3) is 0.455. The molecule has 0 saturated carbocycles. The van der Waals surface area contributed by atoms with Crippen LogP contribution in [0.15, 0.2) is 16.8 Å². The third-order valence-electron chi connectivity index (χ3n) is 2.23. The summed E-state index contributed by atoms with van der Waals surface area (Å²) >= 11 is 1.46. The third-order valence-corrected chi connectivity index (χ3v) is 2.91. The molecule has 0 fully saturated rings. The Morgan fingerprint density at radius 3 is 2.82 bits per heavy atom. The van der Waals surface area contributed by atoms with E-state index in [1.165, 1.54) is 11.3 Å². The van der Waals surface area contributed by atoms with E-state index >= 15 is 0 Å². The number of hydrogen-bond acceptors (Lipinski definition) is 3. The Kier molecular flexibility index (Phi) is 5.48. The van der Waals surface area contributed by atoms with Crippen LogP contribution in [0, 0.1) is 0 Å². The van der Waals surface area contributed by atoms with Crippen LogP contribution in [0.1, 0.15) is 26.2 Å². The lowest BCUT2D eigenvalue weighted by Crippen LogP contribution is -2.42. The zero-order valence-corrected chi connectivity index (χ0v) is 10.4. The quantitative estimate of drug-likeness (QED) is 0.731. The topological polar surface area (TPSA) is 78.4 Å². The zero-order chi connectivity index (χ0) is 12.7. The average molecular weight is 256 g/mol. The van der Waals surface area contributed by atoms with Crippen LogP contribution in [-0.2, 0) is 4.79 Å². The van der Waals surface area contributed by atoms with Crippen molar-refractivity contribution in [2.45, 2.75) is 32.2 Å². The molecule has 2 amide bonds. The maximum absolute atomic E-state index is 11.5. The summed E-state index contributed by atoms with van der Waals surface area (Å²) in [5, 5.41) is 17.6. The molecule has 5 nitrogen and oxygen atoms in total. The van der Waals surface area contributed by atoms with E-state index in [1.807, 2.05) is 12.3 Å². The Balaban J connectivity index is 2.43. The minimum Gasteiger partial charge on any atom is -0.480 e. The first-order valence-corrected chi connectivity index (χ1v) is 6.40. The van der Waals surface area contributed by atoms with Crippen molar-refractivity contribution in [3.8, 4) is 0 Å². The van der Waals surface area contributed by atoms with E-state index in [-0.39, 0.29) is 0 Å². The first kappa shape index (κ1) is 13.5. The molecule has 6 heteroatoms. The van der Waals surface area contributed by atoms with Crippen molar-refractivity contribution in [2.75, 3.05) is 5.32 Å². The van der Waals surface area contributed by atoms with E-state index in [9.17, 15) is 9.59 Å². The van der Waals surface area contributed by atoms with Crippen LogP contribution in [0.3, 0.4) is 0 Å². The summed E-state index contributed by atoms with van der Waals surface area (Å²) in [5.41, 5.74) is 0.673. The van der Waals surface area contributed by atoms with Crippen molar-refractivity contribution in [1.82, 2.24) is 5.32 Å². The van der Waals surface area contributed by atoms with E-state index in [2.05, 4.69) is 10.6 Å². The van der Waals surface area contributed by atoms with Crippen LogP contribution in [0.4, 0.5) is 10.5 Å². The molecule has 1 heterocycles. The number of rotatable bonds is 6. The first-order valence-electron chi connectivity index (χ1n) is 5.46. The van der Waals surface area contributed by atoms with Gasteiger partial charge in [-0.2, -0.15) is 11.3 Å². The summed E-state index contributed by atoms with van der Waals surface area (Å²) in [6, 6.07) is 0.451. The maximum atomic E-state index is 11.5. The van der Waals surface area contributed by atoms with E-state index in [0.717, 1.165) is 12.8 Å². The third kappa shape index (κ3) is 4.86. The van der Waals surface area contributed by atoms with E-state index in [0.29, 0.717) is 12.1 Å². The first-order chi connectivity index (χ1) is 8.13. The number of aliphatic carboxylic acids is 1.